The minimum absolute atomic E-state index is 0.0369. The Kier molecular flexibility index (Phi) is 3.31. The normalized spacial score (nSPS) is 20.2. The lowest BCUT2D eigenvalue weighted by Gasteiger charge is -2.19. The van der Waals surface area contributed by atoms with Gasteiger partial charge in [0.05, 0.1) is 29.9 Å². The number of rotatable bonds is 4. The molecule has 2 aromatic rings. The number of hydrogen-bond donors (Lipinski definition) is 2. The molecule has 2 atom stereocenters. The number of methoxy groups -OCH3 is 1. The molecule has 3 rings (SSSR count). The highest BCUT2D eigenvalue weighted by Gasteiger charge is 2.26. The minimum Gasteiger partial charge on any atom is -0.381 e. The molecule has 0 saturated heterocycles. The summed E-state index contributed by atoms with van der Waals surface area (Å²) in [5.41, 5.74) is 2.19. The van der Waals surface area contributed by atoms with Crippen molar-refractivity contribution >= 4 is 0 Å². The second kappa shape index (κ2) is 5.10. The van der Waals surface area contributed by atoms with Crippen molar-refractivity contribution in [1.82, 2.24) is 25.4 Å². The second-order valence-corrected chi connectivity index (χ2v) is 4.76. The number of aromatic amines is 1. The molecule has 0 saturated carbocycles. The molecule has 0 aromatic carbocycles. The van der Waals surface area contributed by atoms with E-state index in [0.717, 1.165) is 24.4 Å². The average molecular weight is 263 g/mol. The number of H-pyrrole nitrogens is 1. The molecule has 2 N–H and O–H groups in total. The summed E-state index contributed by atoms with van der Waals surface area (Å²) in [6.45, 7) is 2.72. The van der Waals surface area contributed by atoms with E-state index in [0.29, 0.717) is 18.1 Å². The lowest BCUT2D eigenvalue weighted by molar-refractivity contribution is 0.116. The lowest BCUT2D eigenvalue weighted by atomic mass is 10.1. The van der Waals surface area contributed by atoms with Gasteiger partial charge in [-0.2, -0.15) is 4.98 Å². The Morgan fingerprint density at radius 1 is 1.58 bits per heavy atom. The molecule has 7 nitrogen and oxygen atoms in total. The molecule has 0 amide bonds. The first kappa shape index (κ1) is 12.3. The summed E-state index contributed by atoms with van der Waals surface area (Å²) < 4.78 is 10.5. The summed E-state index contributed by atoms with van der Waals surface area (Å²) in [7, 11) is 1.67. The largest absolute Gasteiger partial charge is 0.381 e. The molecule has 102 valence electrons. The van der Waals surface area contributed by atoms with Gasteiger partial charge >= 0.3 is 0 Å². The van der Waals surface area contributed by atoms with Crippen molar-refractivity contribution in [3.05, 3.63) is 29.4 Å². The van der Waals surface area contributed by atoms with Crippen LogP contribution < -0.4 is 5.32 Å². The molecule has 0 aliphatic carbocycles. The highest BCUT2D eigenvalue weighted by atomic mass is 16.5. The molecular weight excluding hydrogens is 246 g/mol. The lowest BCUT2D eigenvalue weighted by Crippen LogP contribution is -2.28. The van der Waals surface area contributed by atoms with Gasteiger partial charge in [-0.3, -0.25) is 5.32 Å². The highest BCUT2D eigenvalue weighted by molar-refractivity contribution is 5.17. The van der Waals surface area contributed by atoms with Gasteiger partial charge in [-0.05, 0) is 6.92 Å². The number of ether oxygens (including phenoxy) is 1. The van der Waals surface area contributed by atoms with E-state index in [2.05, 4.69) is 25.4 Å². The van der Waals surface area contributed by atoms with Crippen LogP contribution >= 0.6 is 0 Å². The van der Waals surface area contributed by atoms with Gasteiger partial charge in [-0.25, -0.2) is 4.98 Å². The average Bonchev–Trinajstić information content (AvgIpc) is 3.05. The Morgan fingerprint density at radius 2 is 2.47 bits per heavy atom. The number of nitrogens with one attached hydrogen (secondary N) is 2. The van der Waals surface area contributed by atoms with Crippen LogP contribution in [0.1, 0.15) is 36.1 Å². The summed E-state index contributed by atoms with van der Waals surface area (Å²) in [5.74, 6) is 1.30. The monoisotopic (exact) mass is 263 g/mol. The molecule has 2 aromatic heterocycles. The van der Waals surface area contributed by atoms with Gasteiger partial charge in [0, 0.05) is 26.5 Å². The van der Waals surface area contributed by atoms with Crippen LogP contribution in [0.3, 0.4) is 0 Å². The molecule has 7 heteroatoms. The van der Waals surface area contributed by atoms with E-state index in [1.54, 1.807) is 13.4 Å². The van der Waals surface area contributed by atoms with Crippen LogP contribution in [0.15, 0.2) is 10.9 Å². The molecule has 0 bridgehead atoms. The first-order chi connectivity index (χ1) is 9.26. The maximum Gasteiger partial charge on any atom is 0.244 e. The first-order valence-electron chi connectivity index (χ1n) is 6.36. The SMILES string of the molecule is COC(C)Cc1noc(C2Cc3nc[nH]c3CN2)n1. The van der Waals surface area contributed by atoms with Crippen molar-refractivity contribution in [2.24, 2.45) is 0 Å². The van der Waals surface area contributed by atoms with Crippen molar-refractivity contribution in [1.29, 1.82) is 0 Å². The van der Waals surface area contributed by atoms with Gasteiger partial charge in [-0.1, -0.05) is 5.16 Å². The summed E-state index contributed by atoms with van der Waals surface area (Å²) in [6.07, 6.45) is 3.22. The zero-order valence-electron chi connectivity index (χ0n) is 11.0. The third-order valence-corrected chi connectivity index (χ3v) is 3.38. The molecule has 19 heavy (non-hydrogen) atoms. The number of fused-ring (bicyclic) bond motifs is 1. The smallest absolute Gasteiger partial charge is 0.244 e. The molecule has 0 fully saturated rings. The van der Waals surface area contributed by atoms with E-state index in [1.165, 1.54) is 0 Å². The fraction of sp³-hybridized carbons (Fsp3) is 0.583. The maximum atomic E-state index is 5.32. The predicted molar refractivity (Wildman–Crippen MR) is 66.3 cm³/mol. The quantitative estimate of drug-likeness (QED) is 0.846. The molecule has 1 aliphatic rings. The van der Waals surface area contributed by atoms with Crippen LogP contribution in [0.5, 0.6) is 0 Å². The van der Waals surface area contributed by atoms with Gasteiger partial charge in [0.25, 0.3) is 0 Å². The van der Waals surface area contributed by atoms with Crippen LogP contribution in [0.4, 0.5) is 0 Å². The second-order valence-electron chi connectivity index (χ2n) is 4.76. The number of imidazole rings is 1. The van der Waals surface area contributed by atoms with Crippen molar-refractivity contribution < 1.29 is 9.26 Å². The van der Waals surface area contributed by atoms with Crippen molar-refractivity contribution in [2.75, 3.05) is 7.11 Å². The van der Waals surface area contributed by atoms with Gasteiger partial charge in [0.2, 0.25) is 5.89 Å². The van der Waals surface area contributed by atoms with E-state index >= 15 is 0 Å². The van der Waals surface area contributed by atoms with Crippen LogP contribution in [-0.2, 0) is 24.1 Å². The summed E-state index contributed by atoms with van der Waals surface area (Å²) in [5, 5.41) is 7.35. The van der Waals surface area contributed by atoms with Gasteiger partial charge < -0.3 is 14.2 Å². The minimum atomic E-state index is 0.0369. The Bertz CT molecular complexity index is 550. The fourth-order valence-electron chi connectivity index (χ4n) is 2.18. The van der Waals surface area contributed by atoms with Gasteiger partial charge in [0.1, 0.15) is 0 Å². The zero-order chi connectivity index (χ0) is 13.2. The predicted octanol–water partition coefficient (Wildman–Crippen LogP) is 0.757. The van der Waals surface area contributed by atoms with Crippen molar-refractivity contribution in [3.63, 3.8) is 0 Å². The number of aromatic nitrogens is 4. The van der Waals surface area contributed by atoms with Crippen molar-refractivity contribution in [2.45, 2.75) is 38.5 Å². The topological polar surface area (TPSA) is 88.9 Å². The number of nitrogens with zero attached hydrogens (tertiary/aromatic N) is 3. The van der Waals surface area contributed by atoms with Crippen LogP contribution in [0.25, 0.3) is 0 Å². The molecule has 2 unspecified atom stereocenters. The van der Waals surface area contributed by atoms with Gasteiger partial charge in [-0.15, -0.1) is 0 Å². The van der Waals surface area contributed by atoms with Crippen LogP contribution in [-0.4, -0.2) is 33.3 Å². The van der Waals surface area contributed by atoms with Crippen molar-refractivity contribution in [3.8, 4) is 0 Å². The Balaban J connectivity index is 1.70. The number of hydrogen-bond acceptors (Lipinski definition) is 6. The summed E-state index contributed by atoms with van der Waals surface area (Å²) in [4.78, 5) is 11.8. The molecule has 1 aliphatic heterocycles. The van der Waals surface area contributed by atoms with Gasteiger partial charge in [0.15, 0.2) is 5.82 Å². The Hall–Kier alpha value is -1.73. The molecular formula is C12H17N5O2. The first-order valence-corrected chi connectivity index (χ1v) is 6.36. The standard InChI is InChI=1S/C12H17N5O2/c1-7(18-2)3-11-16-12(19-17-11)9-4-8-10(5-13-9)15-6-14-8/h6-7,9,13H,3-5H2,1-2H3,(H,14,15). The third kappa shape index (κ3) is 2.52. The van der Waals surface area contributed by atoms with Crippen LogP contribution in [0.2, 0.25) is 0 Å². The maximum absolute atomic E-state index is 5.32. The van der Waals surface area contributed by atoms with E-state index in [-0.39, 0.29) is 12.1 Å². The summed E-state index contributed by atoms with van der Waals surface area (Å²) in [6, 6.07) is 0.0369. The Morgan fingerprint density at radius 3 is 3.32 bits per heavy atom. The fourth-order valence-corrected chi connectivity index (χ4v) is 2.18. The molecule has 3 heterocycles. The Labute approximate surface area is 110 Å². The molecule has 0 spiro atoms. The molecule has 0 radical (unpaired) electrons. The summed E-state index contributed by atoms with van der Waals surface area (Å²) >= 11 is 0. The van der Waals surface area contributed by atoms with Crippen LogP contribution in [0, 0.1) is 0 Å². The van der Waals surface area contributed by atoms with E-state index < -0.39 is 0 Å². The van der Waals surface area contributed by atoms with E-state index in [4.69, 9.17) is 9.26 Å². The third-order valence-electron chi connectivity index (χ3n) is 3.38. The zero-order valence-corrected chi connectivity index (χ0v) is 11.0. The van der Waals surface area contributed by atoms with E-state index in [9.17, 15) is 0 Å². The van der Waals surface area contributed by atoms with E-state index in [1.807, 2.05) is 6.92 Å². The highest BCUT2D eigenvalue weighted by Crippen LogP contribution is 2.22.